The van der Waals surface area contributed by atoms with Crippen LogP contribution in [0.15, 0.2) is 42.6 Å². The SMILES string of the molecule is O=C(O)/C=C/c1cccc2cccnc12. The standard InChI is InChI=1S/C12H9NO2/c14-11(15)7-6-10-4-1-3-9-5-2-8-13-12(9)10/h1-8H,(H,14,15)/b7-6+. The van der Waals surface area contributed by atoms with Gasteiger partial charge in [-0.1, -0.05) is 24.3 Å². The molecule has 1 aromatic carbocycles. The number of benzene rings is 1. The van der Waals surface area contributed by atoms with Crippen molar-refractivity contribution < 1.29 is 9.90 Å². The average Bonchev–Trinajstić information content (AvgIpc) is 2.26. The van der Waals surface area contributed by atoms with Gasteiger partial charge in [0.15, 0.2) is 0 Å². The monoisotopic (exact) mass is 199 g/mol. The van der Waals surface area contributed by atoms with Crippen LogP contribution in [0.4, 0.5) is 0 Å². The van der Waals surface area contributed by atoms with Crippen LogP contribution >= 0.6 is 0 Å². The fraction of sp³-hybridized carbons (Fsp3) is 0. The Hall–Kier alpha value is -2.16. The fourth-order valence-corrected chi connectivity index (χ4v) is 1.42. The highest BCUT2D eigenvalue weighted by atomic mass is 16.4. The molecule has 0 saturated heterocycles. The van der Waals surface area contributed by atoms with Crippen LogP contribution in [-0.4, -0.2) is 16.1 Å². The number of fused-ring (bicyclic) bond motifs is 1. The summed E-state index contributed by atoms with van der Waals surface area (Å²) in [7, 11) is 0. The predicted molar refractivity (Wildman–Crippen MR) is 58.4 cm³/mol. The van der Waals surface area contributed by atoms with Crippen molar-refractivity contribution in [3.05, 3.63) is 48.2 Å². The number of hydrogen-bond donors (Lipinski definition) is 1. The summed E-state index contributed by atoms with van der Waals surface area (Å²) in [6.07, 6.45) is 4.36. The minimum absolute atomic E-state index is 0.815. The molecule has 0 aliphatic rings. The third kappa shape index (κ3) is 2.02. The molecule has 0 unspecified atom stereocenters. The molecule has 2 rings (SSSR count). The van der Waals surface area contributed by atoms with Gasteiger partial charge < -0.3 is 5.11 Å². The number of aliphatic carboxylic acids is 1. The molecule has 3 nitrogen and oxygen atoms in total. The lowest BCUT2D eigenvalue weighted by Crippen LogP contribution is -1.87. The molecule has 0 saturated carbocycles. The lowest BCUT2D eigenvalue weighted by Gasteiger charge is -1.99. The maximum Gasteiger partial charge on any atom is 0.328 e. The number of carboxylic acids is 1. The number of aromatic nitrogens is 1. The fourth-order valence-electron chi connectivity index (χ4n) is 1.42. The average molecular weight is 199 g/mol. The maximum absolute atomic E-state index is 10.4. The van der Waals surface area contributed by atoms with E-state index in [9.17, 15) is 4.79 Å². The molecule has 0 bridgehead atoms. The number of nitrogens with zero attached hydrogens (tertiary/aromatic N) is 1. The number of carbonyl (C=O) groups is 1. The molecule has 3 heteroatoms. The Morgan fingerprint density at radius 3 is 2.87 bits per heavy atom. The molecular formula is C12H9NO2. The van der Waals surface area contributed by atoms with E-state index in [4.69, 9.17) is 5.11 Å². The van der Waals surface area contributed by atoms with Crippen LogP contribution in [0.1, 0.15) is 5.56 Å². The third-order valence-electron chi connectivity index (χ3n) is 2.07. The summed E-state index contributed by atoms with van der Waals surface area (Å²) < 4.78 is 0. The van der Waals surface area contributed by atoms with E-state index in [1.54, 1.807) is 12.3 Å². The molecule has 1 aromatic heterocycles. The Balaban J connectivity index is 2.56. The lowest BCUT2D eigenvalue weighted by molar-refractivity contribution is -0.131. The zero-order valence-corrected chi connectivity index (χ0v) is 7.92. The largest absolute Gasteiger partial charge is 0.478 e. The van der Waals surface area contributed by atoms with Gasteiger partial charge in [0.05, 0.1) is 5.52 Å². The molecule has 2 aromatic rings. The summed E-state index contributed by atoms with van der Waals surface area (Å²) in [5.41, 5.74) is 1.63. The number of hydrogen-bond acceptors (Lipinski definition) is 2. The molecule has 15 heavy (non-hydrogen) atoms. The van der Waals surface area contributed by atoms with E-state index in [1.807, 2.05) is 30.3 Å². The second-order valence-electron chi connectivity index (χ2n) is 3.09. The van der Waals surface area contributed by atoms with E-state index in [2.05, 4.69) is 4.98 Å². The molecule has 0 fully saturated rings. The molecular weight excluding hydrogens is 190 g/mol. The van der Waals surface area contributed by atoms with Gasteiger partial charge in [0, 0.05) is 23.2 Å². The summed E-state index contributed by atoms with van der Waals surface area (Å²) in [4.78, 5) is 14.6. The van der Waals surface area contributed by atoms with Crippen molar-refractivity contribution in [2.24, 2.45) is 0 Å². The second-order valence-corrected chi connectivity index (χ2v) is 3.09. The van der Waals surface area contributed by atoms with E-state index in [0.717, 1.165) is 22.5 Å². The van der Waals surface area contributed by atoms with E-state index < -0.39 is 5.97 Å². The normalized spacial score (nSPS) is 10.9. The van der Waals surface area contributed by atoms with Crippen molar-refractivity contribution in [1.82, 2.24) is 4.98 Å². The molecule has 74 valence electrons. The Kier molecular flexibility index (Phi) is 2.46. The van der Waals surface area contributed by atoms with Gasteiger partial charge in [-0.25, -0.2) is 4.79 Å². The van der Waals surface area contributed by atoms with Crippen molar-refractivity contribution in [2.75, 3.05) is 0 Å². The van der Waals surface area contributed by atoms with E-state index in [1.165, 1.54) is 0 Å². The molecule has 1 N–H and O–H groups in total. The van der Waals surface area contributed by atoms with Gasteiger partial charge in [0.25, 0.3) is 0 Å². The highest BCUT2D eigenvalue weighted by Crippen LogP contribution is 2.16. The van der Waals surface area contributed by atoms with Crippen LogP contribution in [0.5, 0.6) is 0 Å². The summed E-state index contributed by atoms with van der Waals surface area (Å²) in [5.74, 6) is -0.956. The minimum atomic E-state index is -0.956. The Labute approximate surface area is 86.7 Å². The zero-order chi connectivity index (χ0) is 10.7. The van der Waals surface area contributed by atoms with Crippen LogP contribution in [0, 0.1) is 0 Å². The second kappa shape index (κ2) is 3.92. The van der Waals surface area contributed by atoms with E-state index >= 15 is 0 Å². The number of para-hydroxylation sites is 1. The highest BCUT2D eigenvalue weighted by molar-refractivity contribution is 5.92. The quantitative estimate of drug-likeness (QED) is 0.755. The van der Waals surface area contributed by atoms with Gasteiger partial charge in [-0.15, -0.1) is 0 Å². The first-order valence-corrected chi connectivity index (χ1v) is 4.52. The van der Waals surface area contributed by atoms with Crippen molar-refractivity contribution in [3.8, 4) is 0 Å². The van der Waals surface area contributed by atoms with Crippen molar-refractivity contribution in [3.63, 3.8) is 0 Å². The smallest absolute Gasteiger partial charge is 0.328 e. The number of carboxylic acid groups (broad SMARTS) is 1. The summed E-state index contributed by atoms with van der Waals surface area (Å²) in [5, 5.41) is 9.54. The summed E-state index contributed by atoms with van der Waals surface area (Å²) >= 11 is 0. The summed E-state index contributed by atoms with van der Waals surface area (Å²) in [6, 6.07) is 9.47. The number of rotatable bonds is 2. The molecule has 0 aliphatic carbocycles. The van der Waals surface area contributed by atoms with Crippen molar-refractivity contribution >= 4 is 22.9 Å². The van der Waals surface area contributed by atoms with Crippen LogP contribution in [0.3, 0.4) is 0 Å². The first kappa shape index (κ1) is 9.40. The van der Waals surface area contributed by atoms with Crippen LogP contribution < -0.4 is 0 Å². The zero-order valence-electron chi connectivity index (χ0n) is 7.92. The van der Waals surface area contributed by atoms with Crippen molar-refractivity contribution in [2.45, 2.75) is 0 Å². The summed E-state index contributed by atoms with van der Waals surface area (Å²) in [6.45, 7) is 0. The van der Waals surface area contributed by atoms with E-state index in [0.29, 0.717) is 0 Å². The molecule has 0 spiro atoms. The van der Waals surface area contributed by atoms with Gasteiger partial charge in [0.1, 0.15) is 0 Å². The highest BCUT2D eigenvalue weighted by Gasteiger charge is 1.98. The van der Waals surface area contributed by atoms with Crippen LogP contribution in [0.25, 0.3) is 17.0 Å². The topological polar surface area (TPSA) is 50.2 Å². The minimum Gasteiger partial charge on any atom is -0.478 e. The van der Waals surface area contributed by atoms with Gasteiger partial charge in [-0.3, -0.25) is 4.98 Å². The molecule has 0 atom stereocenters. The first-order chi connectivity index (χ1) is 7.27. The molecule has 0 radical (unpaired) electrons. The van der Waals surface area contributed by atoms with Crippen LogP contribution in [-0.2, 0) is 4.79 Å². The Morgan fingerprint density at radius 1 is 1.27 bits per heavy atom. The molecule has 1 heterocycles. The van der Waals surface area contributed by atoms with Crippen molar-refractivity contribution in [1.29, 1.82) is 0 Å². The first-order valence-electron chi connectivity index (χ1n) is 4.52. The van der Waals surface area contributed by atoms with Gasteiger partial charge in [0.2, 0.25) is 0 Å². The lowest BCUT2D eigenvalue weighted by atomic mass is 10.1. The number of pyridine rings is 1. The Morgan fingerprint density at radius 2 is 2.07 bits per heavy atom. The molecule has 0 aliphatic heterocycles. The Bertz CT molecular complexity index is 527. The van der Waals surface area contributed by atoms with Crippen LogP contribution in [0.2, 0.25) is 0 Å². The third-order valence-corrected chi connectivity index (χ3v) is 2.07. The van der Waals surface area contributed by atoms with Gasteiger partial charge in [-0.2, -0.15) is 0 Å². The van der Waals surface area contributed by atoms with Gasteiger partial charge >= 0.3 is 5.97 Å². The van der Waals surface area contributed by atoms with E-state index in [-0.39, 0.29) is 0 Å². The predicted octanol–water partition coefficient (Wildman–Crippen LogP) is 2.33. The molecule has 0 amide bonds. The maximum atomic E-state index is 10.4. The van der Waals surface area contributed by atoms with Gasteiger partial charge in [-0.05, 0) is 12.1 Å².